The molecule has 1 aliphatic rings. The first kappa shape index (κ1) is 15.1. The lowest BCUT2D eigenvalue weighted by Gasteiger charge is -2.40. The van der Waals surface area contributed by atoms with Gasteiger partial charge in [-0.15, -0.1) is 0 Å². The second kappa shape index (κ2) is 6.84. The summed E-state index contributed by atoms with van der Waals surface area (Å²) in [6.07, 6.45) is 5.36. The number of thioether (sulfide) groups is 1. The van der Waals surface area contributed by atoms with Crippen molar-refractivity contribution in [3.8, 4) is 0 Å². The highest BCUT2D eigenvalue weighted by atomic mass is 32.2. The van der Waals surface area contributed by atoms with Crippen molar-refractivity contribution in [3.63, 3.8) is 0 Å². The predicted octanol–water partition coefficient (Wildman–Crippen LogP) is 0.407. The van der Waals surface area contributed by atoms with Crippen molar-refractivity contribution in [2.45, 2.75) is 36.5 Å². The number of aliphatic hydroxyl groups is 1. The van der Waals surface area contributed by atoms with Gasteiger partial charge in [0.15, 0.2) is 0 Å². The molecule has 0 unspecified atom stereocenters. The molecule has 1 aliphatic carbocycles. The van der Waals surface area contributed by atoms with Crippen LogP contribution >= 0.6 is 11.8 Å². The minimum Gasteiger partial charge on any atom is -0.480 e. The van der Waals surface area contributed by atoms with Gasteiger partial charge in [0.2, 0.25) is 0 Å². The van der Waals surface area contributed by atoms with Crippen molar-refractivity contribution in [2.24, 2.45) is 0 Å². The van der Waals surface area contributed by atoms with Gasteiger partial charge in [0.25, 0.3) is 0 Å². The second-order valence-corrected chi connectivity index (χ2v) is 5.75. The number of aliphatic hydroxyl groups excluding tert-OH is 1. The van der Waals surface area contributed by atoms with Crippen LogP contribution in [0.4, 0.5) is 4.79 Å². The molecule has 0 aromatic rings. The normalized spacial score (nSPS) is 18.6. The van der Waals surface area contributed by atoms with E-state index in [9.17, 15) is 9.59 Å². The van der Waals surface area contributed by atoms with E-state index in [1.165, 1.54) is 6.42 Å². The van der Waals surface area contributed by atoms with Gasteiger partial charge in [-0.05, 0) is 19.1 Å². The molecule has 0 aromatic heterocycles. The van der Waals surface area contributed by atoms with Crippen molar-refractivity contribution in [3.05, 3.63) is 0 Å². The third kappa shape index (κ3) is 4.06. The van der Waals surface area contributed by atoms with Crippen molar-refractivity contribution in [1.82, 2.24) is 10.6 Å². The molecule has 2 amide bonds. The smallest absolute Gasteiger partial charge is 0.326 e. The van der Waals surface area contributed by atoms with Gasteiger partial charge in [-0.1, -0.05) is 6.42 Å². The maximum absolute atomic E-state index is 11.6. The monoisotopic (exact) mass is 276 g/mol. The number of rotatable bonds is 7. The molecule has 1 saturated carbocycles. The van der Waals surface area contributed by atoms with Gasteiger partial charge in [0, 0.05) is 24.3 Å². The van der Waals surface area contributed by atoms with Crippen LogP contribution < -0.4 is 10.6 Å². The van der Waals surface area contributed by atoms with Crippen LogP contribution in [-0.2, 0) is 4.79 Å². The standard InChI is InChI=1S/C11H20N2O4S/c1-18-11(4-2-5-11)7-12-10(17)13-8(3-6-14)9(15)16/h8,14H,2-7H2,1H3,(H,15,16)(H2,12,13,17)/t8-/m1/s1. The van der Waals surface area contributed by atoms with Crippen molar-refractivity contribution in [1.29, 1.82) is 0 Å². The number of carbonyl (C=O) groups excluding carboxylic acids is 1. The number of carboxylic acid groups (broad SMARTS) is 1. The van der Waals surface area contributed by atoms with Gasteiger partial charge < -0.3 is 20.8 Å². The largest absolute Gasteiger partial charge is 0.480 e. The third-order valence-electron chi connectivity index (χ3n) is 3.29. The van der Waals surface area contributed by atoms with E-state index < -0.39 is 18.0 Å². The fraction of sp³-hybridized carbons (Fsp3) is 0.818. The summed E-state index contributed by atoms with van der Waals surface area (Å²) < 4.78 is 0.118. The SMILES string of the molecule is CSC1(CNC(=O)N[C@H](CCO)C(=O)O)CCC1. The maximum Gasteiger partial charge on any atom is 0.326 e. The summed E-state index contributed by atoms with van der Waals surface area (Å²) in [6.45, 7) is 0.275. The van der Waals surface area contributed by atoms with E-state index in [1.54, 1.807) is 11.8 Å². The zero-order valence-corrected chi connectivity index (χ0v) is 11.3. The Hall–Kier alpha value is -0.950. The number of aliphatic carboxylic acids is 1. The Bertz CT molecular complexity index is 302. The Balaban J connectivity index is 2.33. The van der Waals surface area contributed by atoms with Crippen LogP contribution in [0, 0.1) is 0 Å². The number of nitrogens with one attached hydrogen (secondary N) is 2. The molecule has 0 heterocycles. The summed E-state index contributed by atoms with van der Waals surface area (Å²) in [5, 5.41) is 22.6. The van der Waals surface area contributed by atoms with E-state index in [4.69, 9.17) is 10.2 Å². The molecule has 0 bridgehead atoms. The van der Waals surface area contributed by atoms with E-state index >= 15 is 0 Å². The van der Waals surface area contributed by atoms with Crippen LogP contribution in [-0.4, -0.2) is 52.4 Å². The van der Waals surface area contributed by atoms with Crippen molar-refractivity contribution < 1.29 is 19.8 Å². The first-order valence-electron chi connectivity index (χ1n) is 5.96. The molecule has 18 heavy (non-hydrogen) atoms. The molecule has 0 spiro atoms. The molecule has 7 heteroatoms. The van der Waals surface area contributed by atoms with Crippen LogP contribution in [0.1, 0.15) is 25.7 Å². The van der Waals surface area contributed by atoms with Crippen LogP contribution in [0.3, 0.4) is 0 Å². The lowest BCUT2D eigenvalue weighted by molar-refractivity contribution is -0.139. The summed E-state index contributed by atoms with van der Waals surface area (Å²) in [4.78, 5) is 22.4. The average Bonchev–Trinajstić information content (AvgIpc) is 2.27. The van der Waals surface area contributed by atoms with E-state index in [2.05, 4.69) is 10.6 Å². The van der Waals surface area contributed by atoms with E-state index in [0.717, 1.165) is 12.8 Å². The van der Waals surface area contributed by atoms with Crippen LogP contribution in [0.2, 0.25) is 0 Å². The third-order valence-corrected chi connectivity index (χ3v) is 4.71. The van der Waals surface area contributed by atoms with Crippen molar-refractivity contribution >= 4 is 23.8 Å². The molecule has 6 nitrogen and oxygen atoms in total. The molecule has 0 aliphatic heterocycles. The number of carboxylic acids is 1. The van der Waals surface area contributed by atoms with Gasteiger partial charge in [-0.3, -0.25) is 0 Å². The van der Waals surface area contributed by atoms with Gasteiger partial charge in [0.05, 0.1) is 0 Å². The van der Waals surface area contributed by atoms with Gasteiger partial charge >= 0.3 is 12.0 Å². The Morgan fingerprint density at radius 1 is 1.44 bits per heavy atom. The van der Waals surface area contributed by atoms with Crippen LogP contribution in [0.25, 0.3) is 0 Å². The molecule has 0 aromatic carbocycles. The van der Waals surface area contributed by atoms with Crippen LogP contribution in [0.5, 0.6) is 0 Å². The molecule has 1 atom stereocenters. The number of amides is 2. The number of hydrogen-bond acceptors (Lipinski definition) is 4. The Morgan fingerprint density at radius 2 is 2.11 bits per heavy atom. The molecule has 104 valence electrons. The second-order valence-electron chi connectivity index (χ2n) is 4.47. The number of hydrogen-bond donors (Lipinski definition) is 4. The highest BCUT2D eigenvalue weighted by Gasteiger charge is 2.36. The highest BCUT2D eigenvalue weighted by molar-refractivity contribution is 8.00. The fourth-order valence-electron chi connectivity index (χ4n) is 1.86. The Labute approximate surface area is 111 Å². The summed E-state index contributed by atoms with van der Waals surface area (Å²) in [5.74, 6) is -1.14. The number of carbonyl (C=O) groups is 2. The average molecular weight is 276 g/mol. The number of urea groups is 1. The maximum atomic E-state index is 11.6. The van der Waals surface area contributed by atoms with Crippen molar-refractivity contribution in [2.75, 3.05) is 19.4 Å². The van der Waals surface area contributed by atoms with E-state index in [1.807, 2.05) is 6.26 Å². The highest BCUT2D eigenvalue weighted by Crippen LogP contribution is 2.42. The Kier molecular flexibility index (Phi) is 5.74. The summed E-state index contributed by atoms with van der Waals surface area (Å²) in [7, 11) is 0. The molecule has 1 fully saturated rings. The molecule has 0 saturated heterocycles. The summed E-state index contributed by atoms with van der Waals surface area (Å²) >= 11 is 1.74. The molecule has 0 radical (unpaired) electrons. The first-order valence-corrected chi connectivity index (χ1v) is 7.19. The predicted molar refractivity (Wildman–Crippen MR) is 69.8 cm³/mol. The lowest BCUT2D eigenvalue weighted by atomic mass is 9.84. The van der Waals surface area contributed by atoms with Gasteiger partial charge in [-0.25, -0.2) is 9.59 Å². The van der Waals surface area contributed by atoms with E-state index in [0.29, 0.717) is 6.54 Å². The zero-order chi connectivity index (χ0) is 13.6. The van der Waals surface area contributed by atoms with Gasteiger partial charge in [-0.2, -0.15) is 11.8 Å². The molecular weight excluding hydrogens is 256 g/mol. The fourth-order valence-corrected chi connectivity index (χ4v) is 2.77. The minimum absolute atomic E-state index is 0.0103. The molecular formula is C11H20N2O4S. The summed E-state index contributed by atoms with van der Waals surface area (Å²) in [6, 6.07) is -1.53. The summed E-state index contributed by atoms with van der Waals surface area (Å²) in [5.41, 5.74) is 0. The quantitative estimate of drug-likeness (QED) is 0.540. The first-order chi connectivity index (χ1) is 8.53. The van der Waals surface area contributed by atoms with Gasteiger partial charge in [0.1, 0.15) is 6.04 Å². The zero-order valence-electron chi connectivity index (χ0n) is 10.4. The molecule has 1 rings (SSSR count). The Morgan fingerprint density at radius 3 is 2.50 bits per heavy atom. The minimum atomic E-state index is -1.14. The topological polar surface area (TPSA) is 98.7 Å². The molecule has 4 N–H and O–H groups in total. The van der Waals surface area contributed by atoms with Crippen LogP contribution in [0.15, 0.2) is 0 Å². The lowest BCUT2D eigenvalue weighted by Crippen LogP contribution is -2.51. The van der Waals surface area contributed by atoms with E-state index in [-0.39, 0.29) is 17.8 Å².